The van der Waals surface area contributed by atoms with Crippen LogP contribution in [0.2, 0.25) is 5.02 Å². The maximum atomic E-state index is 13.6. The molecular weight excluding hydrogens is 415 g/mol. The summed E-state index contributed by atoms with van der Waals surface area (Å²) in [5, 5.41) is -2.66. The standard InChI is InChI=1S/C18H14B3ClF3N3O2/c1-27-4-2-8(3-5-27)12-7-11(29)9-6-10(22)13-14(15(9)30-12)28(18(19,20)21)16(26-13)17(23,24)25/h6-8H,2-5H2,1H3. The number of rotatable bonds is 2. The second-order valence-electron chi connectivity index (χ2n) is 7.68. The molecule has 30 heavy (non-hydrogen) atoms. The highest BCUT2D eigenvalue weighted by Gasteiger charge is 2.41. The van der Waals surface area contributed by atoms with E-state index in [-0.39, 0.29) is 32.9 Å². The Hall–Kier alpha value is -1.87. The molecule has 3 aromatic rings. The molecule has 1 fully saturated rings. The molecule has 0 saturated carbocycles. The largest absolute Gasteiger partial charge is 0.458 e. The third kappa shape index (κ3) is 3.56. The fourth-order valence-corrected chi connectivity index (χ4v) is 4.13. The number of aromatic nitrogens is 2. The lowest BCUT2D eigenvalue weighted by atomic mass is 9.49. The van der Waals surface area contributed by atoms with E-state index >= 15 is 0 Å². The minimum absolute atomic E-state index is 0.0108. The quantitative estimate of drug-likeness (QED) is 0.588. The van der Waals surface area contributed by atoms with Gasteiger partial charge in [0.15, 0.2) is 11.0 Å². The number of nitrogens with zero attached hydrogens (tertiary/aromatic N) is 3. The van der Waals surface area contributed by atoms with Gasteiger partial charge in [-0.05, 0) is 39.0 Å². The van der Waals surface area contributed by atoms with E-state index in [9.17, 15) is 18.0 Å². The first-order valence-electron chi connectivity index (χ1n) is 9.19. The van der Waals surface area contributed by atoms with Crippen LogP contribution in [-0.4, -0.2) is 58.1 Å². The highest BCUT2D eigenvalue weighted by molar-refractivity contribution is 6.57. The van der Waals surface area contributed by atoms with E-state index in [2.05, 4.69) is 9.88 Å². The number of alkyl halides is 3. The molecule has 1 aliphatic heterocycles. The highest BCUT2D eigenvalue weighted by atomic mass is 35.5. The molecule has 0 N–H and O–H groups in total. The van der Waals surface area contributed by atoms with Gasteiger partial charge in [-0.1, -0.05) is 16.8 Å². The molecule has 1 saturated heterocycles. The van der Waals surface area contributed by atoms with Crippen LogP contribution in [0.1, 0.15) is 30.3 Å². The molecule has 0 unspecified atom stereocenters. The van der Waals surface area contributed by atoms with Crippen LogP contribution in [0.3, 0.4) is 0 Å². The second-order valence-corrected chi connectivity index (χ2v) is 8.09. The van der Waals surface area contributed by atoms with Crippen LogP contribution in [0.4, 0.5) is 13.2 Å². The lowest BCUT2D eigenvalue weighted by molar-refractivity contribution is -0.146. The molecule has 1 aliphatic rings. The minimum Gasteiger partial charge on any atom is -0.458 e. The first kappa shape index (κ1) is 21.4. The molecule has 0 bridgehead atoms. The fraction of sp³-hybridized carbons (Fsp3) is 0.444. The van der Waals surface area contributed by atoms with Crippen LogP contribution in [0.25, 0.3) is 22.0 Å². The van der Waals surface area contributed by atoms with Crippen molar-refractivity contribution in [1.29, 1.82) is 0 Å². The lowest BCUT2D eigenvalue weighted by Crippen LogP contribution is -2.38. The summed E-state index contributed by atoms with van der Waals surface area (Å²) >= 11 is 6.15. The molecule has 0 spiro atoms. The predicted octanol–water partition coefficient (Wildman–Crippen LogP) is 2.70. The van der Waals surface area contributed by atoms with Crippen LogP contribution >= 0.6 is 11.6 Å². The molecule has 0 aliphatic carbocycles. The van der Waals surface area contributed by atoms with Crippen LogP contribution in [0.15, 0.2) is 21.3 Å². The summed E-state index contributed by atoms with van der Waals surface area (Å²) in [5.74, 6) is -1.12. The van der Waals surface area contributed by atoms with E-state index in [1.165, 1.54) is 12.1 Å². The maximum absolute atomic E-state index is 13.6. The molecule has 0 amide bonds. The smallest absolute Gasteiger partial charge is 0.449 e. The Morgan fingerprint density at radius 1 is 1.20 bits per heavy atom. The van der Waals surface area contributed by atoms with Gasteiger partial charge in [0, 0.05) is 12.0 Å². The molecule has 5 nitrogen and oxygen atoms in total. The van der Waals surface area contributed by atoms with Gasteiger partial charge in [-0.2, -0.15) is 13.2 Å². The van der Waals surface area contributed by atoms with Gasteiger partial charge in [0.2, 0.25) is 5.82 Å². The molecule has 0 atom stereocenters. The Labute approximate surface area is 178 Å². The summed E-state index contributed by atoms with van der Waals surface area (Å²) in [7, 11) is 18.9. The summed E-state index contributed by atoms with van der Waals surface area (Å²) in [5.41, 5.74) is -1.10. The Morgan fingerprint density at radius 3 is 2.40 bits per heavy atom. The average Bonchev–Trinajstić information content (AvgIpc) is 3.06. The number of piperidine rings is 1. The molecule has 3 heterocycles. The third-order valence-corrected chi connectivity index (χ3v) is 5.64. The average molecular weight is 429 g/mol. The zero-order chi connectivity index (χ0) is 22.0. The number of benzene rings is 1. The van der Waals surface area contributed by atoms with E-state index in [0.29, 0.717) is 10.3 Å². The number of likely N-dealkylation sites (tertiary alicyclic amines) is 1. The van der Waals surface area contributed by atoms with Gasteiger partial charge >= 0.3 is 6.18 Å². The zero-order valence-corrected chi connectivity index (χ0v) is 16.7. The highest BCUT2D eigenvalue weighted by Crippen LogP contribution is 2.39. The fourth-order valence-electron chi connectivity index (χ4n) is 3.89. The number of imidazole rings is 1. The van der Waals surface area contributed by atoms with E-state index in [1.807, 2.05) is 7.05 Å². The van der Waals surface area contributed by atoms with Crippen molar-refractivity contribution in [3.8, 4) is 0 Å². The topological polar surface area (TPSA) is 51.3 Å². The molecule has 2 aromatic heterocycles. The Balaban J connectivity index is 2.08. The summed E-state index contributed by atoms with van der Waals surface area (Å²) in [6, 6.07) is 2.58. The van der Waals surface area contributed by atoms with Crippen molar-refractivity contribution in [1.82, 2.24) is 14.5 Å². The van der Waals surface area contributed by atoms with Crippen molar-refractivity contribution in [2.45, 2.75) is 30.2 Å². The van der Waals surface area contributed by atoms with Gasteiger partial charge in [-0.25, -0.2) is 4.98 Å². The van der Waals surface area contributed by atoms with Gasteiger partial charge in [0.05, 0.1) is 33.9 Å². The number of fused-ring (bicyclic) bond motifs is 3. The van der Waals surface area contributed by atoms with Crippen LogP contribution in [0.5, 0.6) is 0 Å². The Morgan fingerprint density at radius 2 is 1.83 bits per heavy atom. The zero-order valence-electron chi connectivity index (χ0n) is 16.0. The molecule has 4 rings (SSSR count). The second kappa shape index (κ2) is 7.09. The van der Waals surface area contributed by atoms with E-state index in [0.717, 1.165) is 25.9 Å². The monoisotopic (exact) mass is 429 g/mol. The van der Waals surface area contributed by atoms with Gasteiger partial charge in [0.25, 0.3) is 0 Å². The van der Waals surface area contributed by atoms with Crippen molar-refractivity contribution in [3.05, 3.63) is 39.0 Å². The van der Waals surface area contributed by atoms with Crippen LogP contribution in [0, 0.1) is 0 Å². The number of hydrogen-bond acceptors (Lipinski definition) is 4. The predicted molar refractivity (Wildman–Crippen MR) is 110 cm³/mol. The van der Waals surface area contributed by atoms with Gasteiger partial charge < -0.3 is 13.9 Å². The van der Waals surface area contributed by atoms with Crippen molar-refractivity contribution in [2.75, 3.05) is 20.1 Å². The Kier molecular flexibility index (Phi) is 5.05. The maximum Gasteiger partial charge on any atom is 0.449 e. The summed E-state index contributed by atoms with van der Waals surface area (Å²) < 4.78 is 47.3. The molecular formula is C18H14B3ClF3N3O2. The van der Waals surface area contributed by atoms with E-state index in [4.69, 9.17) is 39.6 Å². The number of halogens is 4. The van der Waals surface area contributed by atoms with Gasteiger partial charge in [-0.3, -0.25) is 4.79 Å². The molecule has 1 aromatic carbocycles. The van der Waals surface area contributed by atoms with Crippen LogP contribution in [-0.2, 0) is 11.4 Å². The summed E-state index contributed by atoms with van der Waals surface area (Å²) in [6.45, 7) is 1.60. The SMILES string of the molecule is [B]C([B])([B])n1c(C(F)(F)F)nc2c(Cl)cc3c(=O)cc(C4CCN(C)CC4)oc3c21. The van der Waals surface area contributed by atoms with Crippen LogP contribution < -0.4 is 5.43 Å². The van der Waals surface area contributed by atoms with E-state index in [1.54, 1.807) is 0 Å². The third-order valence-electron chi connectivity index (χ3n) is 5.35. The number of hydrogen-bond donors (Lipinski definition) is 0. The van der Waals surface area contributed by atoms with Gasteiger partial charge in [0.1, 0.15) is 16.8 Å². The van der Waals surface area contributed by atoms with Crippen molar-refractivity contribution >= 4 is 57.1 Å². The normalized spacial score (nSPS) is 17.2. The molecule has 150 valence electrons. The Bertz CT molecular complexity index is 1200. The summed E-state index contributed by atoms with van der Waals surface area (Å²) in [6.07, 6.45) is -3.45. The van der Waals surface area contributed by atoms with Crippen molar-refractivity contribution in [3.63, 3.8) is 0 Å². The minimum atomic E-state index is -4.93. The van der Waals surface area contributed by atoms with Gasteiger partial charge in [-0.15, -0.1) is 0 Å². The summed E-state index contributed by atoms with van der Waals surface area (Å²) in [4.78, 5) is 18.5. The molecule has 6 radical (unpaired) electrons. The lowest BCUT2D eigenvalue weighted by Gasteiger charge is -2.29. The van der Waals surface area contributed by atoms with Crippen molar-refractivity contribution < 1.29 is 17.6 Å². The van der Waals surface area contributed by atoms with Crippen molar-refractivity contribution in [2.24, 2.45) is 0 Å². The first-order valence-corrected chi connectivity index (χ1v) is 9.57. The molecule has 12 heteroatoms. The first-order chi connectivity index (χ1) is 13.9. The van der Waals surface area contributed by atoms with E-state index < -0.39 is 22.7 Å².